The lowest BCUT2D eigenvalue weighted by molar-refractivity contribution is -0.133. The van der Waals surface area contributed by atoms with Gasteiger partial charge in [0.1, 0.15) is 0 Å². The molecule has 1 aromatic carbocycles. The standard InChI is InChI=1S/C17H22F2N2O.ClH/c18-14-3-1-2-13(16(14)19)12-15(22)21-10-6-17(7-11-21)4-8-20-9-5-17;/h1-3,20H,4-12H2;1H. The zero-order chi connectivity index (χ0) is 15.6. The van der Waals surface area contributed by atoms with Crippen molar-refractivity contribution in [3.63, 3.8) is 0 Å². The Morgan fingerprint density at radius 3 is 2.43 bits per heavy atom. The summed E-state index contributed by atoms with van der Waals surface area (Å²) < 4.78 is 26.9. The van der Waals surface area contributed by atoms with Crippen LogP contribution in [0.1, 0.15) is 31.2 Å². The Bertz CT molecular complexity index is 552. The maximum Gasteiger partial charge on any atom is 0.227 e. The number of benzene rings is 1. The van der Waals surface area contributed by atoms with E-state index >= 15 is 0 Å². The summed E-state index contributed by atoms with van der Waals surface area (Å²) in [5.41, 5.74) is 0.527. The van der Waals surface area contributed by atoms with Crippen LogP contribution in [0.15, 0.2) is 18.2 Å². The highest BCUT2D eigenvalue weighted by molar-refractivity contribution is 5.85. The minimum atomic E-state index is -0.900. The second kappa shape index (κ2) is 7.58. The molecule has 1 amide bonds. The van der Waals surface area contributed by atoms with Crippen LogP contribution in [0.4, 0.5) is 8.78 Å². The van der Waals surface area contributed by atoms with Crippen molar-refractivity contribution in [3.8, 4) is 0 Å². The van der Waals surface area contributed by atoms with E-state index < -0.39 is 11.6 Å². The minimum Gasteiger partial charge on any atom is -0.342 e. The summed E-state index contributed by atoms with van der Waals surface area (Å²) in [5.74, 6) is -1.89. The highest BCUT2D eigenvalue weighted by atomic mass is 35.5. The number of likely N-dealkylation sites (tertiary alicyclic amines) is 1. The van der Waals surface area contributed by atoms with Crippen LogP contribution in [0.5, 0.6) is 0 Å². The molecular weight excluding hydrogens is 322 g/mol. The van der Waals surface area contributed by atoms with Gasteiger partial charge >= 0.3 is 0 Å². The Hall–Kier alpha value is -1.20. The first-order valence-corrected chi connectivity index (χ1v) is 8.01. The van der Waals surface area contributed by atoms with Crippen molar-refractivity contribution in [2.24, 2.45) is 5.41 Å². The van der Waals surface area contributed by atoms with Crippen LogP contribution < -0.4 is 5.32 Å². The van der Waals surface area contributed by atoms with Crippen molar-refractivity contribution >= 4 is 18.3 Å². The molecule has 2 fully saturated rings. The normalized spacial score (nSPS) is 20.2. The Balaban J connectivity index is 0.00000192. The molecule has 2 saturated heterocycles. The zero-order valence-corrected chi connectivity index (χ0v) is 13.9. The first-order chi connectivity index (χ1) is 10.6. The molecule has 1 N–H and O–H groups in total. The molecule has 2 aliphatic rings. The minimum absolute atomic E-state index is 0. The van der Waals surface area contributed by atoms with Gasteiger partial charge in [-0.15, -0.1) is 12.4 Å². The third-order valence-corrected chi connectivity index (χ3v) is 5.21. The van der Waals surface area contributed by atoms with Crippen molar-refractivity contribution in [1.29, 1.82) is 0 Å². The molecule has 1 spiro atoms. The number of hydrogen-bond donors (Lipinski definition) is 1. The fraction of sp³-hybridized carbons (Fsp3) is 0.588. The van der Waals surface area contributed by atoms with E-state index in [1.54, 1.807) is 4.90 Å². The Labute approximate surface area is 141 Å². The Morgan fingerprint density at radius 2 is 1.78 bits per heavy atom. The number of carbonyl (C=O) groups excluding carboxylic acids is 1. The summed E-state index contributed by atoms with van der Waals surface area (Å²) in [6, 6.07) is 4.00. The molecule has 0 radical (unpaired) electrons. The van der Waals surface area contributed by atoms with Gasteiger partial charge in [0.25, 0.3) is 0 Å². The van der Waals surface area contributed by atoms with E-state index in [4.69, 9.17) is 0 Å². The number of rotatable bonds is 2. The van der Waals surface area contributed by atoms with E-state index in [0.29, 0.717) is 5.41 Å². The van der Waals surface area contributed by atoms with Gasteiger partial charge < -0.3 is 10.2 Å². The van der Waals surface area contributed by atoms with Gasteiger partial charge in [0.15, 0.2) is 11.6 Å². The zero-order valence-electron chi connectivity index (χ0n) is 13.1. The summed E-state index contributed by atoms with van der Waals surface area (Å²) in [6.45, 7) is 3.58. The number of amides is 1. The lowest BCUT2D eigenvalue weighted by atomic mass is 9.71. The molecule has 0 saturated carbocycles. The van der Waals surface area contributed by atoms with Crippen molar-refractivity contribution in [2.45, 2.75) is 32.1 Å². The predicted octanol–water partition coefficient (Wildman–Crippen LogP) is 2.92. The molecular formula is C17H23ClF2N2O. The van der Waals surface area contributed by atoms with Crippen LogP contribution >= 0.6 is 12.4 Å². The van der Waals surface area contributed by atoms with E-state index in [-0.39, 0.29) is 30.3 Å². The van der Waals surface area contributed by atoms with Gasteiger partial charge in [0, 0.05) is 18.7 Å². The molecule has 128 valence electrons. The van der Waals surface area contributed by atoms with Crippen molar-refractivity contribution in [2.75, 3.05) is 26.2 Å². The van der Waals surface area contributed by atoms with Crippen LogP contribution in [0.25, 0.3) is 0 Å². The van der Waals surface area contributed by atoms with Gasteiger partial charge in [0.2, 0.25) is 5.91 Å². The molecule has 3 nitrogen and oxygen atoms in total. The van der Waals surface area contributed by atoms with Crippen LogP contribution in [-0.2, 0) is 11.2 Å². The summed E-state index contributed by atoms with van der Waals surface area (Å²) in [6.07, 6.45) is 4.33. The van der Waals surface area contributed by atoms with Crippen LogP contribution in [-0.4, -0.2) is 37.0 Å². The third-order valence-electron chi connectivity index (χ3n) is 5.21. The number of carbonyl (C=O) groups is 1. The fourth-order valence-electron chi connectivity index (χ4n) is 3.65. The molecule has 1 aromatic rings. The second-order valence-corrected chi connectivity index (χ2v) is 6.52. The van der Waals surface area contributed by atoms with Gasteiger partial charge in [-0.25, -0.2) is 8.78 Å². The molecule has 2 aliphatic heterocycles. The van der Waals surface area contributed by atoms with Gasteiger partial charge in [-0.05, 0) is 50.3 Å². The maximum absolute atomic E-state index is 13.7. The first-order valence-electron chi connectivity index (χ1n) is 8.01. The van der Waals surface area contributed by atoms with Crippen molar-refractivity contribution in [3.05, 3.63) is 35.4 Å². The molecule has 23 heavy (non-hydrogen) atoms. The Kier molecular flexibility index (Phi) is 5.98. The molecule has 6 heteroatoms. The fourth-order valence-corrected chi connectivity index (χ4v) is 3.65. The molecule has 0 bridgehead atoms. The Morgan fingerprint density at radius 1 is 1.13 bits per heavy atom. The lowest BCUT2D eigenvalue weighted by Gasteiger charge is -2.44. The number of piperidine rings is 2. The van der Waals surface area contributed by atoms with Crippen LogP contribution in [0.3, 0.4) is 0 Å². The number of nitrogens with one attached hydrogen (secondary N) is 1. The summed E-state index contributed by atoms with van der Waals surface area (Å²) in [4.78, 5) is 14.1. The van der Waals surface area contributed by atoms with Gasteiger partial charge in [-0.2, -0.15) is 0 Å². The summed E-state index contributed by atoms with van der Waals surface area (Å²) in [7, 11) is 0. The highest BCUT2D eigenvalue weighted by Crippen LogP contribution is 2.39. The van der Waals surface area contributed by atoms with Crippen molar-refractivity contribution in [1.82, 2.24) is 10.2 Å². The maximum atomic E-state index is 13.7. The number of nitrogens with zero attached hydrogens (tertiary/aromatic N) is 1. The topological polar surface area (TPSA) is 32.3 Å². The van der Waals surface area contributed by atoms with Gasteiger partial charge in [-0.1, -0.05) is 12.1 Å². The van der Waals surface area contributed by atoms with Crippen LogP contribution in [0, 0.1) is 17.0 Å². The molecule has 3 rings (SSSR count). The van der Waals surface area contributed by atoms with Gasteiger partial charge in [0.05, 0.1) is 6.42 Å². The smallest absolute Gasteiger partial charge is 0.227 e. The molecule has 0 unspecified atom stereocenters. The van der Waals surface area contributed by atoms with E-state index in [1.807, 2.05) is 0 Å². The van der Waals surface area contributed by atoms with E-state index in [2.05, 4.69) is 5.32 Å². The predicted molar refractivity (Wildman–Crippen MR) is 87.7 cm³/mol. The highest BCUT2D eigenvalue weighted by Gasteiger charge is 2.36. The molecule has 0 aromatic heterocycles. The van der Waals surface area contributed by atoms with E-state index in [9.17, 15) is 13.6 Å². The number of hydrogen-bond acceptors (Lipinski definition) is 2. The SMILES string of the molecule is Cl.O=C(Cc1cccc(F)c1F)N1CCC2(CCNCC2)CC1. The average Bonchev–Trinajstić information content (AvgIpc) is 2.53. The second-order valence-electron chi connectivity index (χ2n) is 6.52. The van der Waals surface area contributed by atoms with E-state index in [1.165, 1.54) is 25.0 Å². The van der Waals surface area contributed by atoms with E-state index in [0.717, 1.165) is 45.1 Å². The van der Waals surface area contributed by atoms with Crippen LogP contribution in [0.2, 0.25) is 0 Å². The van der Waals surface area contributed by atoms with Crippen molar-refractivity contribution < 1.29 is 13.6 Å². The van der Waals surface area contributed by atoms with Gasteiger partial charge in [-0.3, -0.25) is 4.79 Å². The quantitative estimate of drug-likeness (QED) is 0.894. The molecule has 0 atom stereocenters. The third kappa shape index (κ3) is 4.01. The monoisotopic (exact) mass is 344 g/mol. The number of halogens is 3. The summed E-state index contributed by atoms with van der Waals surface area (Å²) in [5, 5.41) is 3.38. The largest absolute Gasteiger partial charge is 0.342 e. The summed E-state index contributed by atoms with van der Waals surface area (Å²) >= 11 is 0. The molecule has 0 aliphatic carbocycles. The lowest BCUT2D eigenvalue weighted by Crippen LogP contribution is -2.47. The average molecular weight is 345 g/mol. The first kappa shape index (κ1) is 18.1. The molecule has 2 heterocycles.